The number of Topliss-reactive ketones (excluding diaryl/α,β-unsaturated/α-hetero) is 1. The molecule has 0 saturated heterocycles. The first kappa shape index (κ1) is 13.7. The summed E-state index contributed by atoms with van der Waals surface area (Å²) in [4.78, 5) is 11.8. The summed E-state index contributed by atoms with van der Waals surface area (Å²) in [6.45, 7) is 6.74. The monoisotopic (exact) mass is 226 g/mol. The van der Waals surface area contributed by atoms with Gasteiger partial charge in [0.2, 0.25) is 0 Å². The zero-order valence-corrected chi connectivity index (χ0v) is 11.1. The number of carbonyl (C=O) groups excluding carboxylic acids is 1. The first-order valence-electron chi connectivity index (χ1n) is 6.79. The van der Waals surface area contributed by atoms with Gasteiger partial charge < -0.3 is 4.74 Å². The van der Waals surface area contributed by atoms with Gasteiger partial charge in [-0.15, -0.1) is 0 Å². The molecule has 0 aromatic carbocycles. The first-order chi connectivity index (χ1) is 7.64. The van der Waals surface area contributed by atoms with Gasteiger partial charge in [-0.3, -0.25) is 4.79 Å². The predicted molar refractivity (Wildman–Crippen MR) is 66.5 cm³/mol. The molecular weight excluding hydrogens is 200 g/mol. The molecule has 1 aliphatic rings. The molecule has 2 nitrogen and oxygen atoms in total. The lowest BCUT2D eigenvalue weighted by Gasteiger charge is -2.38. The molecule has 1 aliphatic carbocycles. The summed E-state index contributed by atoms with van der Waals surface area (Å²) < 4.78 is 5.86. The van der Waals surface area contributed by atoms with E-state index >= 15 is 0 Å². The SMILES string of the molecule is CCCOC1(C(C)=O)CCC(CCC)CC1. The Balaban J connectivity index is 2.52. The van der Waals surface area contributed by atoms with E-state index in [4.69, 9.17) is 4.74 Å². The summed E-state index contributed by atoms with van der Waals surface area (Å²) in [5, 5.41) is 0. The second-order valence-corrected chi connectivity index (χ2v) is 5.13. The molecule has 0 spiro atoms. The zero-order valence-electron chi connectivity index (χ0n) is 11.1. The molecule has 16 heavy (non-hydrogen) atoms. The highest BCUT2D eigenvalue weighted by Gasteiger charge is 2.39. The Morgan fingerprint density at radius 2 is 1.88 bits per heavy atom. The van der Waals surface area contributed by atoms with Crippen molar-refractivity contribution in [1.29, 1.82) is 0 Å². The molecule has 0 aromatic heterocycles. The van der Waals surface area contributed by atoms with E-state index in [-0.39, 0.29) is 5.78 Å². The smallest absolute Gasteiger partial charge is 0.161 e. The third kappa shape index (κ3) is 3.31. The van der Waals surface area contributed by atoms with Gasteiger partial charge in [-0.05, 0) is 44.9 Å². The van der Waals surface area contributed by atoms with Gasteiger partial charge in [0.15, 0.2) is 5.78 Å². The van der Waals surface area contributed by atoms with Crippen LogP contribution in [0.25, 0.3) is 0 Å². The van der Waals surface area contributed by atoms with Crippen molar-refractivity contribution >= 4 is 5.78 Å². The lowest BCUT2D eigenvalue weighted by molar-refractivity contribution is -0.149. The van der Waals surface area contributed by atoms with Crippen LogP contribution in [0.5, 0.6) is 0 Å². The van der Waals surface area contributed by atoms with Gasteiger partial charge in [-0.1, -0.05) is 26.7 Å². The normalized spacial score (nSPS) is 30.3. The Morgan fingerprint density at radius 1 is 1.25 bits per heavy atom. The summed E-state index contributed by atoms with van der Waals surface area (Å²) in [5.74, 6) is 1.05. The van der Waals surface area contributed by atoms with Crippen LogP contribution < -0.4 is 0 Å². The number of ether oxygens (including phenoxy) is 1. The van der Waals surface area contributed by atoms with Crippen molar-refractivity contribution in [3.8, 4) is 0 Å². The molecule has 1 rings (SSSR count). The van der Waals surface area contributed by atoms with Crippen LogP contribution in [-0.4, -0.2) is 18.0 Å². The number of carbonyl (C=O) groups is 1. The molecule has 94 valence electrons. The molecule has 0 heterocycles. The largest absolute Gasteiger partial charge is 0.367 e. The van der Waals surface area contributed by atoms with Gasteiger partial charge >= 0.3 is 0 Å². The molecule has 2 heteroatoms. The average molecular weight is 226 g/mol. The van der Waals surface area contributed by atoms with Crippen LogP contribution in [0.2, 0.25) is 0 Å². The molecule has 0 aliphatic heterocycles. The third-order valence-corrected chi connectivity index (χ3v) is 3.83. The molecule has 0 unspecified atom stereocenters. The molecule has 1 fully saturated rings. The number of hydrogen-bond acceptors (Lipinski definition) is 2. The Labute approximate surface area is 99.8 Å². The topological polar surface area (TPSA) is 26.3 Å². The van der Waals surface area contributed by atoms with Gasteiger partial charge in [0.1, 0.15) is 5.60 Å². The highest BCUT2D eigenvalue weighted by atomic mass is 16.5. The number of hydrogen-bond donors (Lipinski definition) is 0. The van der Waals surface area contributed by atoms with Crippen molar-refractivity contribution < 1.29 is 9.53 Å². The maximum absolute atomic E-state index is 11.8. The van der Waals surface area contributed by atoms with E-state index in [1.807, 2.05) is 0 Å². The van der Waals surface area contributed by atoms with E-state index in [2.05, 4.69) is 13.8 Å². The van der Waals surface area contributed by atoms with Crippen LogP contribution in [0.3, 0.4) is 0 Å². The molecule has 0 N–H and O–H groups in total. The van der Waals surface area contributed by atoms with Gasteiger partial charge in [-0.25, -0.2) is 0 Å². The fourth-order valence-corrected chi connectivity index (χ4v) is 2.74. The minimum absolute atomic E-state index is 0.232. The lowest BCUT2D eigenvalue weighted by Crippen LogP contribution is -2.43. The van der Waals surface area contributed by atoms with Gasteiger partial charge in [0.05, 0.1) is 0 Å². The van der Waals surface area contributed by atoms with Crippen LogP contribution in [0.1, 0.15) is 65.7 Å². The Kier molecular flexibility index (Phi) is 5.47. The summed E-state index contributed by atoms with van der Waals surface area (Å²) in [6.07, 6.45) is 7.76. The molecule has 0 bridgehead atoms. The standard InChI is InChI=1S/C14H26O2/c1-4-6-13-7-9-14(10-8-13,12(3)15)16-11-5-2/h13H,4-11H2,1-3H3. The Hall–Kier alpha value is -0.370. The zero-order chi connectivity index (χ0) is 12.0. The second-order valence-electron chi connectivity index (χ2n) is 5.13. The Bertz CT molecular complexity index is 215. The summed E-state index contributed by atoms with van der Waals surface area (Å²) in [7, 11) is 0. The van der Waals surface area contributed by atoms with E-state index in [9.17, 15) is 4.79 Å². The van der Waals surface area contributed by atoms with Gasteiger partial charge in [0, 0.05) is 6.61 Å². The first-order valence-corrected chi connectivity index (χ1v) is 6.79. The number of rotatable bonds is 6. The molecule has 1 saturated carbocycles. The second kappa shape index (κ2) is 6.39. The van der Waals surface area contributed by atoms with Crippen molar-refractivity contribution in [3.63, 3.8) is 0 Å². The van der Waals surface area contributed by atoms with E-state index in [0.29, 0.717) is 0 Å². The van der Waals surface area contributed by atoms with Crippen LogP contribution in [0.4, 0.5) is 0 Å². The van der Waals surface area contributed by atoms with E-state index in [1.54, 1.807) is 6.92 Å². The van der Waals surface area contributed by atoms with Gasteiger partial charge in [0.25, 0.3) is 0 Å². The minimum Gasteiger partial charge on any atom is -0.367 e. The average Bonchev–Trinajstić information content (AvgIpc) is 2.28. The quantitative estimate of drug-likeness (QED) is 0.689. The van der Waals surface area contributed by atoms with Crippen LogP contribution >= 0.6 is 0 Å². The summed E-state index contributed by atoms with van der Waals surface area (Å²) in [6, 6.07) is 0. The molecule has 0 amide bonds. The van der Waals surface area contributed by atoms with Crippen LogP contribution in [0.15, 0.2) is 0 Å². The molecule has 0 aromatic rings. The molecule has 0 radical (unpaired) electrons. The van der Waals surface area contributed by atoms with E-state index in [0.717, 1.165) is 44.6 Å². The van der Waals surface area contributed by atoms with Crippen molar-refractivity contribution in [2.45, 2.75) is 71.3 Å². The predicted octanol–water partition coefficient (Wildman–Crippen LogP) is 3.73. The van der Waals surface area contributed by atoms with E-state index in [1.165, 1.54) is 12.8 Å². The van der Waals surface area contributed by atoms with Crippen molar-refractivity contribution in [2.24, 2.45) is 5.92 Å². The van der Waals surface area contributed by atoms with Crippen LogP contribution in [-0.2, 0) is 9.53 Å². The van der Waals surface area contributed by atoms with Crippen molar-refractivity contribution in [2.75, 3.05) is 6.61 Å². The molecular formula is C14H26O2. The third-order valence-electron chi connectivity index (χ3n) is 3.83. The lowest BCUT2D eigenvalue weighted by atomic mass is 9.75. The van der Waals surface area contributed by atoms with Gasteiger partial charge in [-0.2, -0.15) is 0 Å². The number of ketones is 1. The summed E-state index contributed by atoms with van der Waals surface area (Å²) >= 11 is 0. The fraction of sp³-hybridized carbons (Fsp3) is 0.929. The van der Waals surface area contributed by atoms with E-state index < -0.39 is 5.60 Å². The highest BCUT2D eigenvalue weighted by molar-refractivity contribution is 5.85. The van der Waals surface area contributed by atoms with Crippen molar-refractivity contribution in [1.82, 2.24) is 0 Å². The maximum atomic E-state index is 11.8. The van der Waals surface area contributed by atoms with Crippen LogP contribution in [0, 0.1) is 5.92 Å². The highest BCUT2D eigenvalue weighted by Crippen LogP contribution is 2.37. The maximum Gasteiger partial charge on any atom is 0.161 e. The summed E-state index contributed by atoms with van der Waals surface area (Å²) in [5.41, 5.74) is -0.430. The molecule has 0 atom stereocenters. The van der Waals surface area contributed by atoms with Crippen molar-refractivity contribution in [3.05, 3.63) is 0 Å². The fourth-order valence-electron chi connectivity index (χ4n) is 2.74. The Morgan fingerprint density at radius 3 is 2.31 bits per heavy atom. The minimum atomic E-state index is -0.430.